The fourth-order valence-corrected chi connectivity index (χ4v) is 3.46. The fourth-order valence-electron chi connectivity index (χ4n) is 2.96. The third-order valence-electron chi connectivity index (χ3n) is 4.73. The molecule has 188 valence electrons. The highest BCUT2D eigenvalue weighted by Crippen LogP contribution is 2.15. The summed E-state index contributed by atoms with van der Waals surface area (Å²) >= 11 is 1.38. The van der Waals surface area contributed by atoms with Gasteiger partial charge in [0.25, 0.3) is 5.19 Å². The zero-order valence-corrected chi connectivity index (χ0v) is 20.1. The number of nitrogens with two attached hydrogens (primary N) is 1. The van der Waals surface area contributed by atoms with Crippen molar-refractivity contribution in [2.75, 3.05) is 39.5 Å². The van der Waals surface area contributed by atoms with Gasteiger partial charge in [0.05, 0.1) is 6.54 Å². The maximum absolute atomic E-state index is 10.9. The van der Waals surface area contributed by atoms with Crippen LogP contribution in [0.5, 0.6) is 10.9 Å². The number of cyclic esters (lactones) is 1. The van der Waals surface area contributed by atoms with Gasteiger partial charge >= 0.3 is 6.09 Å². The van der Waals surface area contributed by atoms with Crippen molar-refractivity contribution in [3.8, 4) is 10.9 Å². The van der Waals surface area contributed by atoms with Crippen molar-refractivity contribution in [2.24, 2.45) is 5.73 Å². The van der Waals surface area contributed by atoms with Crippen LogP contribution in [-0.2, 0) is 4.74 Å². The lowest BCUT2D eigenvalue weighted by atomic mass is 10.2. The number of hydrogen-bond donors (Lipinski definition) is 4. The van der Waals surface area contributed by atoms with E-state index in [1.165, 1.54) is 43.4 Å². The van der Waals surface area contributed by atoms with Gasteiger partial charge in [0, 0.05) is 30.2 Å². The van der Waals surface area contributed by atoms with E-state index in [0.717, 1.165) is 0 Å². The smallest absolute Gasteiger partial charge is 0.407 e. The molecule has 5 N–H and O–H groups in total. The normalized spacial score (nSPS) is 15.0. The number of amides is 2. The number of alkyl carbamates (subject to hydrolysis) is 1. The van der Waals surface area contributed by atoms with Gasteiger partial charge in [-0.2, -0.15) is 0 Å². The molecule has 1 unspecified atom stereocenters. The number of ether oxygens (including phenoxy) is 3. The monoisotopic (exact) mass is 494 g/mol. The highest BCUT2D eigenvalue weighted by atomic mass is 32.1. The molecule has 1 aromatic carbocycles. The lowest BCUT2D eigenvalue weighted by molar-refractivity contribution is 0.1000. The molecule has 2 amide bonds. The van der Waals surface area contributed by atoms with Gasteiger partial charge in [-0.1, -0.05) is 43.4 Å². The van der Waals surface area contributed by atoms with Gasteiger partial charge in [0.1, 0.15) is 31.7 Å². The summed E-state index contributed by atoms with van der Waals surface area (Å²) in [6.45, 7) is 2.80. The number of carbonyl (C=O) groups is 2. The number of benzene rings is 1. The molecule has 1 aliphatic carbocycles. The maximum Gasteiger partial charge on any atom is 0.407 e. The van der Waals surface area contributed by atoms with Gasteiger partial charge in [0.2, 0.25) is 5.91 Å². The zero-order valence-electron chi connectivity index (χ0n) is 19.2. The number of rotatable bonds is 10. The number of thiazole rings is 1. The van der Waals surface area contributed by atoms with Gasteiger partial charge in [0.15, 0.2) is 0 Å². The van der Waals surface area contributed by atoms with E-state index in [-0.39, 0.29) is 12.7 Å². The molecule has 34 heavy (non-hydrogen) atoms. The molecular formula is C23H34N4O6S. The highest BCUT2D eigenvalue weighted by Gasteiger charge is 2.07. The minimum atomic E-state index is -0.617. The molecule has 1 saturated carbocycles. The van der Waals surface area contributed by atoms with Crippen LogP contribution in [0.2, 0.25) is 0 Å². The molecular weight excluding hydrogens is 460 g/mol. The van der Waals surface area contributed by atoms with Gasteiger partial charge in [-0.25, -0.2) is 9.78 Å². The minimum Gasteiger partial charge on any atom is -0.492 e. The molecule has 1 aromatic heterocycles. The molecule has 10 nitrogen and oxygen atoms in total. The summed E-state index contributed by atoms with van der Waals surface area (Å²) in [5.41, 5.74) is 5.60. The Kier molecular flexibility index (Phi) is 13.4. The zero-order chi connectivity index (χ0) is 24.4. The average molecular weight is 495 g/mol. The van der Waals surface area contributed by atoms with E-state index in [4.69, 9.17) is 15.2 Å². The maximum atomic E-state index is 10.9. The van der Waals surface area contributed by atoms with Crippen molar-refractivity contribution in [1.82, 2.24) is 15.6 Å². The van der Waals surface area contributed by atoms with E-state index in [2.05, 4.69) is 20.4 Å². The lowest BCUT2D eigenvalue weighted by Crippen LogP contribution is -2.33. The van der Waals surface area contributed by atoms with Crippen molar-refractivity contribution in [3.05, 3.63) is 41.4 Å². The molecule has 2 fully saturated rings. The quantitative estimate of drug-likeness (QED) is 0.368. The topological polar surface area (TPSA) is 145 Å². The van der Waals surface area contributed by atoms with Crippen LogP contribution in [0.25, 0.3) is 0 Å². The van der Waals surface area contributed by atoms with E-state index in [1.54, 1.807) is 30.5 Å². The van der Waals surface area contributed by atoms with Gasteiger partial charge in [-0.15, -0.1) is 0 Å². The van der Waals surface area contributed by atoms with Crippen molar-refractivity contribution in [2.45, 2.75) is 38.2 Å². The Morgan fingerprint density at radius 2 is 1.91 bits per heavy atom. The molecule has 0 bridgehead atoms. The molecule has 4 rings (SSSR count). The number of primary amides is 1. The fraction of sp³-hybridized carbons (Fsp3) is 0.522. The largest absolute Gasteiger partial charge is 0.492 e. The first kappa shape index (κ1) is 27.4. The minimum absolute atomic E-state index is 0.190. The van der Waals surface area contributed by atoms with Gasteiger partial charge in [-0.3, -0.25) is 4.79 Å². The SMILES string of the molecule is C1CCCC1.NC(=O)c1ccc(OCCNCC(O)COc2nccs2)cc1.O=C1NCCO1. The van der Waals surface area contributed by atoms with Crippen molar-refractivity contribution >= 4 is 23.3 Å². The number of nitrogens with zero attached hydrogens (tertiary/aromatic N) is 1. The predicted molar refractivity (Wildman–Crippen MR) is 129 cm³/mol. The number of nitrogens with one attached hydrogen (secondary N) is 2. The Bertz CT molecular complexity index is 800. The summed E-state index contributed by atoms with van der Waals surface area (Å²) < 4.78 is 15.2. The number of aliphatic hydroxyl groups is 1. The van der Waals surface area contributed by atoms with E-state index in [9.17, 15) is 14.7 Å². The molecule has 0 radical (unpaired) electrons. The van der Waals surface area contributed by atoms with Crippen LogP contribution >= 0.6 is 11.3 Å². The number of aromatic nitrogens is 1. The molecule has 2 aromatic rings. The summed E-state index contributed by atoms with van der Waals surface area (Å²) in [7, 11) is 0. The number of hydrogen-bond acceptors (Lipinski definition) is 9. The first-order valence-corrected chi connectivity index (χ1v) is 12.3. The summed E-state index contributed by atoms with van der Waals surface area (Å²) in [6, 6.07) is 6.61. The highest BCUT2D eigenvalue weighted by molar-refractivity contribution is 7.11. The van der Waals surface area contributed by atoms with Crippen LogP contribution in [0.15, 0.2) is 35.8 Å². The van der Waals surface area contributed by atoms with Crippen molar-refractivity contribution in [1.29, 1.82) is 0 Å². The molecule has 1 atom stereocenters. The summed E-state index contributed by atoms with van der Waals surface area (Å²) in [6.07, 6.45) is 8.24. The molecule has 11 heteroatoms. The Morgan fingerprint density at radius 3 is 2.41 bits per heavy atom. The summed E-state index contributed by atoms with van der Waals surface area (Å²) in [4.78, 5) is 24.8. The van der Waals surface area contributed by atoms with E-state index in [1.807, 2.05) is 5.38 Å². The third kappa shape index (κ3) is 12.4. The second kappa shape index (κ2) is 16.7. The van der Waals surface area contributed by atoms with Crippen LogP contribution in [0.3, 0.4) is 0 Å². The van der Waals surface area contributed by atoms with Crippen molar-refractivity contribution in [3.63, 3.8) is 0 Å². The van der Waals surface area contributed by atoms with Crippen LogP contribution < -0.4 is 25.8 Å². The van der Waals surface area contributed by atoms with E-state index < -0.39 is 12.0 Å². The Hall–Kier alpha value is -2.89. The molecule has 2 heterocycles. The van der Waals surface area contributed by atoms with Crippen LogP contribution in [0.1, 0.15) is 42.5 Å². The Balaban J connectivity index is 0.000000300. The standard InChI is InChI=1S/C15H19N3O4S.C5H10.C3H5NO2/c16-14(20)11-1-3-13(4-2-11)21-7-5-17-9-12(19)10-22-15-18-6-8-23-15;1-2-4-5-3-1;5-3-4-1-2-6-3/h1-4,6,8,12,17,19H,5,7,9-10H2,(H2,16,20);1-5H2;1-2H2,(H,4,5). The lowest BCUT2D eigenvalue weighted by Gasteiger charge is -2.12. The number of aliphatic hydroxyl groups excluding tert-OH is 1. The molecule has 2 aliphatic rings. The van der Waals surface area contributed by atoms with Crippen molar-refractivity contribution < 1.29 is 28.9 Å². The summed E-state index contributed by atoms with van der Waals surface area (Å²) in [5.74, 6) is 0.191. The second-order valence-electron chi connectivity index (χ2n) is 7.53. The molecule has 1 aliphatic heterocycles. The first-order valence-electron chi connectivity index (χ1n) is 11.4. The van der Waals surface area contributed by atoms with Crippen LogP contribution in [0, 0.1) is 0 Å². The molecule has 0 spiro atoms. The van der Waals surface area contributed by atoms with E-state index >= 15 is 0 Å². The average Bonchev–Trinajstić information content (AvgIpc) is 3.64. The van der Waals surface area contributed by atoms with Gasteiger partial charge in [-0.05, 0) is 24.3 Å². The Morgan fingerprint density at radius 1 is 1.21 bits per heavy atom. The Labute approximate surface area is 203 Å². The number of carbonyl (C=O) groups excluding carboxylic acids is 2. The predicted octanol–water partition coefficient (Wildman–Crippen LogP) is 2.33. The first-order chi connectivity index (χ1) is 16.5. The second-order valence-corrected chi connectivity index (χ2v) is 8.39. The third-order valence-corrected chi connectivity index (χ3v) is 5.41. The molecule has 1 saturated heterocycles. The van der Waals surface area contributed by atoms with Crippen LogP contribution in [-0.4, -0.2) is 67.6 Å². The van der Waals surface area contributed by atoms with Gasteiger partial charge < -0.3 is 35.7 Å². The van der Waals surface area contributed by atoms with E-state index in [0.29, 0.717) is 49.4 Å². The summed E-state index contributed by atoms with van der Waals surface area (Å²) in [5, 5.41) is 17.6. The van der Waals surface area contributed by atoms with Crippen LogP contribution in [0.4, 0.5) is 4.79 Å².